The summed E-state index contributed by atoms with van der Waals surface area (Å²) in [6, 6.07) is 74.0. The van der Waals surface area contributed by atoms with E-state index in [-0.39, 0.29) is 0 Å². The number of nitrogens with zero attached hydrogens (tertiary/aromatic N) is 2. The fourth-order valence-electron chi connectivity index (χ4n) is 8.69. The Hall–Kier alpha value is -7.36. The number of aromatic nitrogens is 1. The van der Waals surface area contributed by atoms with Crippen molar-refractivity contribution < 1.29 is 4.42 Å². The molecule has 3 heteroatoms. The predicted molar refractivity (Wildman–Crippen MR) is 235 cm³/mol. The molecule has 0 N–H and O–H groups in total. The first-order valence-electron chi connectivity index (χ1n) is 19.2. The molecule has 0 fully saturated rings. The molecule has 0 unspecified atom stereocenters. The lowest BCUT2D eigenvalue weighted by Crippen LogP contribution is -2.10. The SMILES string of the molecule is c1ccc(-c2ccc(N(c3ccccc3)c3cc(Cc4cccc5c6ccccc6n(-c6ccccc6)c45)cc4c3oc3ccc5ccccc5c34)cc2)cc1. The molecule has 0 radical (unpaired) electrons. The van der Waals surface area contributed by atoms with Crippen molar-refractivity contribution >= 4 is 71.6 Å². The van der Waals surface area contributed by atoms with Crippen LogP contribution in [0.25, 0.3) is 71.3 Å². The highest BCUT2D eigenvalue weighted by molar-refractivity contribution is 6.21. The van der Waals surface area contributed by atoms with Gasteiger partial charge in [0.15, 0.2) is 5.58 Å². The minimum atomic E-state index is 0.733. The molecule has 0 aliphatic rings. The van der Waals surface area contributed by atoms with Gasteiger partial charge in [0.1, 0.15) is 5.58 Å². The average molecular weight is 717 g/mol. The Balaban J connectivity index is 1.17. The maximum Gasteiger partial charge on any atom is 0.159 e. The van der Waals surface area contributed by atoms with E-state index >= 15 is 0 Å². The van der Waals surface area contributed by atoms with Crippen LogP contribution >= 0.6 is 0 Å². The Labute approximate surface area is 324 Å². The van der Waals surface area contributed by atoms with Crippen LogP contribution in [0.1, 0.15) is 11.1 Å². The van der Waals surface area contributed by atoms with Gasteiger partial charge in [-0.25, -0.2) is 0 Å². The van der Waals surface area contributed by atoms with Crippen molar-refractivity contribution in [1.82, 2.24) is 4.57 Å². The summed E-state index contributed by atoms with van der Waals surface area (Å²) in [5.41, 5.74) is 13.3. The van der Waals surface area contributed by atoms with Crippen LogP contribution in [-0.4, -0.2) is 4.57 Å². The van der Waals surface area contributed by atoms with Crippen LogP contribution in [0.3, 0.4) is 0 Å². The molecule has 0 aliphatic heterocycles. The zero-order valence-corrected chi connectivity index (χ0v) is 30.6. The number of rotatable bonds is 7. The molecule has 2 aromatic heterocycles. The molecule has 0 saturated carbocycles. The van der Waals surface area contributed by atoms with Gasteiger partial charge in [-0.05, 0) is 100 Å². The van der Waals surface area contributed by atoms with Gasteiger partial charge in [-0.1, -0.05) is 146 Å². The van der Waals surface area contributed by atoms with Gasteiger partial charge in [0.2, 0.25) is 0 Å². The van der Waals surface area contributed by atoms with E-state index < -0.39 is 0 Å². The first kappa shape index (κ1) is 32.1. The third kappa shape index (κ3) is 5.28. The fourth-order valence-corrected chi connectivity index (χ4v) is 8.69. The molecule has 264 valence electrons. The molecule has 11 rings (SSSR count). The van der Waals surface area contributed by atoms with Crippen molar-refractivity contribution in [2.45, 2.75) is 6.42 Å². The normalized spacial score (nSPS) is 11.6. The number of hydrogen-bond acceptors (Lipinski definition) is 2. The summed E-state index contributed by atoms with van der Waals surface area (Å²) >= 11 is 0. The number of para-hydroxylation sites is 4. The van der Waals surface area contributed by atoms with Crippen LogP contribution < -0.4 is 4.90 Å². The largest absolute Gasteiger partial charge is 0.454 e. The highest BCUT2D eigenvalue weighted by atomic mass is 16.3. The third-order valence-corrected chi connectivity index (χ3v) is 11.2. The summed E-state index contributed by atoms with van der Waals surface area (Å²) in [6.45, 7) is 0. The first-order chi connectivity index (χ1) is 27.8. The van der Waals surface area contributed by atoms with Gasteiger partial charge in [-0.15, -0.1) is 0 Å². The molecular formula is C53H36N2O. The molecule has 56 heavy (non-hydrogen) atoms. The standard InChI is InChI=1S/C53H36N2O/c1-4-15-37(16-5-1)38-27-30-43(31-28-38)54(41-19-6-2-7-20-41)49-35-36(34-47-51-44-23-11-10-17-39(44)29-32-50(51)56-53(47)49)33-40-18-14-25-46-45-24-12-13-26-48(45)55(52(40)46)42-21-8-3-9-22-42/h1-32,34-35H,33H2. The van der Waals surface area contributed by atoms with E-state index in [1.54, 1.807) is 0 Å². The van der Waals surface area contributed by atoms with Gasteiger partial charge in [0, 0.05) is 38.6 Å². The van der Waals surface area contributed by atoms with Gasteiger partial charge in [-0.3, -0.25) is 0 Å². The van der Waals surface area contributed by atoms with Crippen molar-refractivity contribution in [3.63, 3.8) is 0 Å². The maximum atomic E-state index is 6.96. The van der Waals surface area contributed by atoms with Crippen molar-refractivity contribution in [3.8, 4) is 16.8 Å². The maximum absolute atomic E-state index is 6.96. The number of benzene rings is 9. The molecule has 11 aromatic rings. The molecule has 0 bridgehead atoms. The Morgan fingerprint density at radius 3 is 1.91 bits per heavy atom. The Morgan fingerprint density at radius 1 is 0.464 bits per heavy atom. The summed E-state index contributed by atoms with van der Waals surface area (Å²) in [5.74, 6) is 0. The van der Waals surface area contributed by atoms with Crippen LogP contribution in [-0.2, 0) is 6.42 Å². The monoisotopic (exact) mass is 716 g/mol. The highest BCUT2D eigenvalue weighted by Crippen LogP contribution is 2.45. The van der Waals surface area contributed by atoms with Crippen LogP contribution in [0.5, 0.6) is 0 Å². The third-order valence-electron chi connectivity index (χ3n) is 11.2. The van der Waals surface area contributed by atoms with Crippen molar-refractivity contribution in [3.05, 3.63) is 217 Å². The van der Waals surface area contributed by atoms with E-state index in [0.717, 1.165) is 51.1 Å². The number of fused-ring (bicyclic) bond motifs is 8. The van der Waals surface area contributed by atoms with Gasteiger partial charge >= 0.3 is 0 Å². The van der Waals surface area contributed by atoms with Crippen molar-refractivity contribution in [1.29, 1.82) is 0 Å². The summed E-state index contributed by atoms with van der Waals surface area (Å²) in [4.78, 5) is 2.35. The zero-order chi connectivity index (χ0) is 37.0. The second-order valence-electron chi connectivity index (χ2n) is 14.5. The van der Waals surface area contributed by atoms with E-state index in [2.05, 4.69) is 216 Å². The van der Waals surface area contributed by atoms with E-state index in [1.807, 2.05) is 0 Å². The smallest absolute Gasteiger partial charge is 0.159 e. The summed E-state index contributed by atoms with van der Waals surface area (Å²) < 4.78 is 9.39. The molecule has 0 aliphatic carbocycles. The second-order valence-corrected chi connectivity index (χ2v) is 14.5. The van der Waals surface area contributed by atoms with Crippen LogP contribution in [0, 0.1) is 0 Å². The van der Waals surface area contributed by atoms with E-state index in [4.69, 9.17) is 4.42 Å². The lowest BCUT2D eigenvalue weighted by atomic mass is 9.97. The summed E-state index contributed by atoms with van der Waals surface area (Å²) in [6.07, 6.45) is 0.733. The molecule has 9 aromatic carbocycles. The lowest BCUT2D eigenvalue weighted by Gasteiger charge is -2.26. The number of hydrogen-bond donors (Lipinski definition) is 0. The molecule has 0 atom stereocenters. The van der Waals surface area contributed by atoms with Crippen LogP contribution in [0.2, 0.25) is 0 Å². The fraction of sp³-hybridized carbons (Fsp3) is 0.0189. The molecule has 3 nitrogen and oxygen atoms in total. The van der Waals surface area contributed by atoms with Crippen molar-refractivity contribution in [2.75, 3.05) is 4.90 Å². The Kier molecular flexibility index (Phi) is 7.56. The van der Waals surface area contributed by atoms with Crippen molar-refractivity contribution in [2.24, 2.45) is 0 Å². The molecule has 0 spiro atoms. The minimum absolute atomic E-state index is 0.733. The van der Waals surface area contributed by atoms with E-state index in [1.165, 1.54) is 54.8 Å². The lowest BCUT2D eigenvalue weighted by molar-refractivity contribution is 0.669. The molecule has 2 heterocycles. The zero-order valence-electron chi connectivity index (χ0n) is 30.6. The van der Waals surface area contributed by atoms with Gasteiger partial charge < -0.3 is 13.9 Å². The quantitative estimate of drug-likeness (QED) is 0.164. The summed E-state index contributed by atoms with van der Waals surface area (Å²) in [7, 11) is 0. The van der Waals surface area contributed by atoms with E-state index in [9.17, 15) is 0 Å². The van der Waals surface area contributed by atoms with Gasteiger partial charge in [0.25, 0.3) is 0 Å². The Morgan fingerprint density at radius 2 is 1.11 bits per heavy atom. The topological polar surface area (TPSA) is 21.3 Å². The second kappa shape index (κ2) is 13.2. The van der Waals surface area contributed by atoms with Crippen LogP contribution in [0.15, 0.2) is 211 Å². The van der Waals surface area contributed by atoms with Crippen LogP contribution in [0.4, 0.5) is 17.1 Å². The summed E-state index contributed by atoms with van der Waals surface area (Å²) in [5, 5.41) is 7.16. The molecule has 0 amide bonds. The van der Waals surface area contributed by atoms with Gasteiger partial charge in [0.05, 0.1) is 16.7 Å². The van der Waals surface area contributed by atoms with Gasteiger partial charge in [-0.2, -0.15) is 0 Å². The number of anilines is 3. The number of furan rings is 1. The molecular weight excluding hydrogens is 681 g/mol. The molecule has 0 saturated heterocycles. The first-order valence-corrected chi connectivity index (χ1v) is 19.2. The predicted octanol–water partition coefficient (Wildman–Crippen LogP) is 14.6. The highest BCUT2D eigenvalue weighted by Gasteiger charge is 2.23. The Bertz CT molecular complexity index is 3200. The minimum Gasteiger partial charge on any atom is -0.454 e. The average Bonchev–Trinajstić information content (AvgIpc) is 3.82. The van der Waals surface area contributed by atoms with E-state index in [0.29, 0.717) is 0 Å².